The number of methoxy groups -OCH3 is 1. The zero-order valence-electron chi connectivity index (χ0n) is 12.2. The largest absolute Gasteiger partial charge is 0.480 e. The van der Waals surface area contributed by atoms with Crippen LogP contribution in [0.15, 0.2) is 12.4 Å². The van der Waals surface area contributed by atoms with Crippen molar-refractivity contribution in [1.29, 1.82) is 0 Å². The number of anilines is 1. The summed E-state index contributed by atoms with van der Waals surface area (Å²) in [6.45, 7) is 2.66. The molecule has 0 bridgehead atoms. The monoisotopic (exact) mass is 293 g/mol. The number of aromatic nitrogens is 2. The molecular formula is C14H19N3O4. The molecule has 0 aliphatic carbocycles. The second-order valence-electron chi connectivity index (χ2n) is 5.10. The van der Waals surface area contributed by atoms with Gasteiger partial charge in [-0.15, -0.1) is 0 Å². The number of piperidine rings is 1. The average Bonchev–Trinajstić information content (AvgIpc) is 2.53. The zero-order chi connectivity index (χ0) is 15.4. The van der Waals surface area contributed by atoms with Gasteiger partial charge < -0.3 is 14.7 Å². The molecule has 2 rings (SSSR count). The van der Waals surface area contributed by atoms with Crippen LogP contribution in [0.25, 0.3) is 0 Å². The lowest BCUT2D eigenvalue weighted by Crippen LogP contribution is -2.47. The summed E-state index contributed by atoms with van der Waals surface area (Å²) < 4.78 is 4.61. The minimum absolute atomic E-state index is 0.0803. The molecule has 0 radical (unpaired) electrons. The number of hydrogen-bond acceptors (Lipinski definition) is 6. The maximum atomic E-state index is 11.5. The summed E-state index contributed by atoms with van der Waals surface area (Å²) in [7, 11) is 1.27. The number of esters is 1. The number of nitrogens with zero attached hydrogens (tertiary/aromatic N) is 3. The normalized spacial score (nSPS) is 21.9. The first kappa shape index (κ1) is 15.2. The highest BCUT2D eigenvalue weighted by Crippen LogP contribution is 2.28. The van der Waals surface area contributed by atoms with E-state index in [4.69, 9.17) is 0 Å². The van der Waals surface area contributed by atoms with Crippen molar-refractivity contribution in [3.05, 3.63) is 18.1 Å². The third kappa shape index (κ3) is 3.29. The Bertz CT molecular complexity index is 535. The molecule has 7 nitrogen and oxygen atoms in total. The molecular weight excluding hydrogens is 274 g/mol. The zero-order valence-corrected chi connectivity index (χ0v) is 12.2. The van der Waals surface area contributed by atoms with Crippen molar-refractivity contribution >= 4 is 17.8 Å². The number of rotatable bonds is 4. The van der Waals surface area contributed by atoms with Crippen LogP contribution in [0.5, 0.6) is 0 Å². The molecule has 1 N–H and O–H groups in total. The fourth-order valence-corrected chi connectivity index (χ4v) is 2.61. The van der Waals surface area contributed by atoms with Crippen molar-refractivity contribution in [3.63, 3.8) is 0 Å². The lowest BCUT2D eigenvalue weighted by Gasteiger charge is -2.37. The summed E-state index contributed by atoms with van der Waals surface area (Å²) in [5.41, 5.74) is 0.0803. The van der Waals surface area contributed by atoms with Crippen LogP contribution in [0.3, 0.4) is 0 Å². The topological polar surface area (TPSA) is 92.6 Å². The van der Waals surface area contributed by atoms with Gasteiger partial charge in [-0.25, -0.2) is 14.6 Å². The van der Waals surface area contributed by atoms with Gasteiger partial charge in [-0.3, -0.25) is 4.98 Å². The van der Waals surface area contributed by atoms with Crippen LogP contribution in [0.1, 0.15) is 36.7 Å². The van der Waals surface area contributed by atoms with Crippen molar-refractivity contribution in [3.8, 4) is 0 Å². The highest BCUT2D eigenvalue weighted by molar-refractivity contribution is 5.87. The van der Waals surface area contributed by atoms with Gasteiger partial charge >= 0.3 is 11.9 Å². The van der Waals surface area contributed by atoms with E-state index in [0.717, 1.165) is 12.8 Å². The van der Waals surface area contributed by atoms with Gasteiger partial charge in [0.25, 0.3) is 0 Å². The summed E-state index contributed by atoms with van der Waals surface area (Å²) in [4.78, 5) is 32.8. The molecule has 2 unspecified atom stereocenters. The summed E-state index contributed by atoms with van der Waals surface area (Å²) in [6, 6.07) is -0.633. The molecule has 2 atom stereocenters. The first-order chi connectivity index (χ1) is 10.1. The third-order valence-corrected chi connectivity index (χ3v) is 3.88. The Kier molecular flexibility index (Phi) is 4.72. The maximum Gasteiger partial charge on any atom is 0.358 e. The van der Waals surface area contributed by atoms with Crippen molar-refractivity contribution < 1.29 is 19.4 Å². The fourth-order valence-electron chi connectivity index (χ4n) is 2.61. The summed E-state index contributed by atoms with van der Waals surface area (Å²) in [6.07, 6.45) is 5.24. The number of carbonyl (C=O) groups is 2. The second kappa shape index (κ2) is 6.51. The predicted molar refractivity (Wildman–Crippen MR) is 75.2 cm³/mol. The fraction of sp³-hybridized carbons (Fsp3) is 0.571. The minimum atomic E-state index is -0.876. The summed E-state index contributed by atoms with van der Waals surface area (Å²) in [5.74, 6) is -0.656. The molecule has 1 aliphatic heterocycles. The molecule has 21 heavy (non-hydrogen) atoms. The molecule has 1 saturated heterocycles. The minimum Gasteiger partial charge on any atom is -0.480 e. The van der Waals surface area contributed by atoms with Crippen molar-refractivity contribution in [1.82, 2.24) is 9.97 Å². The number of carbonyl (C=O) groups excluding carboxylic acids is 1. The molecule has 0 amide bonds. The van der Waals surface area contributed by atoms with E-state index < -0.39 is 18.0 Å². The lowest BCUT2D eigenvalue weighted by atomic mass is 9.89. The molecule has 0 spiro atoms. The quantitative estimate of drug-likeness (QED) is 0.837. The van der Waals surface area contributed by atoms with E-state index >= 15 is 0 Å². The van der Waals surface area contributed by atoms with Crippen molar-refractivity contribution in [2.45, 2.75) is 32.2 Å². The Balaban J connectivity index is 2.27. The maximum absolute atomic E-state index is 11.5. The second-order valence-corrected chi connectivity index (χ2v) is 5.10. The summed E-state index contributed by atoms with van der Waals surface area (Å²) >= 11 is 0. The smallest absolute Gasteiger partial charge is 0.358 e. The highest BCUT2D eigenvalue weighted by atomic mass is 16.5. The van der Waals surface area contributed by atoms with E-state index in [1.54, 1.807) is 4.90 Å². The van der Waals surface area contributed by atoms with Gasteiger partial charge in [0.2, 0.25) is 0 Å². The van der Waals surface area contributed by atoms with Crippen LogP contribution < -0.4 is 4.90 Å². The Hall–Kier alpha value is -2.18. The highest BCUT2D eigenvalue weighted by Gasteiger charge is 2.33. The number of carboxylic acids is 1. The molecule has 1 aromatic heterocycles. The Morgan fingerprint density at radius 1 is 1.48 bits per heavy atom. The van der Waals surface area contributed by atoms with E-state index in [2.05, 4.69) is 21.6 Å². The molecule has 1 aliphatic rings. The Morgan fingerprint density at radius 3 is 2.86 bits per heavy atom. The van der Waals surface area contributed by atoms with E-state index in [1.807, 2.05) is 0 Å². The summed E-state index contributed by atoms with van der Waals surface area (Å²) in [5, 5.41) is 9.43. The average molecular weight is 293 g/mol. The first-order valence-electron chi connectivity index (χ1n) is 6.96. The van der Waals surface area contributed by atoms with Crippen LogP contribution in [-0.2, 0) is 9.53 Å². The molecule has 1 aromatic rings. The SMILES string of the molecule is CCC1CCN(c2cncc(C(=O)OC)n2)C(C(=O)O)C1. The van der Waals surface area contributed by atoms with Crippen LogP contribution in [0.4, 0.5) is 5.82 Å². The van der Waals surface area contributed by atoms with Gasteiger partial charge in [-0.1, -0.05) is 13.3 Å². The number of ether oxygens (including phenoxy) is 1. The molecule has 0 aromatic carbocycles. The van der Waals surface area contributed by atoms with Crippen molar-refractivity contribution in [2.75, 3.05) is 18.6 Å². The Morgan fingerprint density at radius 2 is 2.24 bits per heavy atom. The van der Waals surface area contributed by atoms with Gasteiger partial charge in [0.1, 0.15) is 11.9 Å². The number of hydrogen-bond donors (Lipinski definition) is 1. The van der Waals surface area contributed by atoms with E-state index in [9.17, 15) is 14.7 Å². The molecule has 1 fully saturated rings. The molecule has 114 valence electrons. The Labute approximate surface area is 123 Å². The van der Waals surface area contributed by atoms with Crippen LogP contribution in [0, 0.1) is 5.92 Å². The van der Waals surface area contributed by atoms with E-state index in [1.165, 1.54) is 19.5 Å². The standard InChI is InChI=1S/C14H19N3O4/c1-3-9-4-5-17(11(6-9)13(18)19)12-8-15-7-10(16-12)14(20)21-2/h7-9,11H,3-6H2,1-2H3,(H,18,19). The first-order valence-corrected chi connectivity index (χ1v) is 6.96. The third-order valence-electron chi connectivity index (χ3n) is 3.88. The van der Waals surface area contributed by atoms with E-state index in [0.29, 0.717) is 24.7 Å². The van der Waals surface area contributed by atoms with Gasteiger partial charge in [0.15, 0.2) is 5.69 Å². The van der Waals surface area contributed by atoms with Crippen LogP contribution in [0.2, 0.25) is 0 Å². The van der Waals surface area contributed by atoms with E-state index in [-0.39, 0.29) is 5.69 Å². The number of carboxylic acid groups (broad SMARTS) is 1. The van der Waals surface area contributed by atoms with Gasteiger partial charge in [-0.2, -0.15) is 0 Å². The van der Waals surface area contributed by atoms with Gasteiger partial charge in [0.05, 0.1) is 19.5 Å². The van der Waals surface area contributed by atoms with Gasteiger partial charge in [0, 0.05) is 6.54 Å². The number of aliphatic carboxylic acids is 1. The molecule has 0 saturated carbocycles. The predicted octanol–water partition coefficient (Wildman–Crippen LogP) is 1.34. The van der Waals surface area contributed by atoms with Crippen LogP contribution >= 0.6 is 0 Å². The van der Waals surface area contributed by atoms with Gasteiger partial charge in [-0.05, 0) is 18.8 Å². The lowest BCUT2D eigenvalue weighted by molar-refractivity contribution is -0.139. The van der Waals surface area contributed by atoms with Crippen LogP contribution in [-0.4, -0.2) is 46.7 Å². The van der Waals surface area contributed by atoms with Crippen molar-refractivity contribution in [2.24, 2.45) is 5.92 Å². The molecule has 2 heterocycles. The molecule has 7 heteroatoms.